The Labute approximate surface area is 121 Å². The smallest absolute Gasteiger partial charge is 0.358 e. The van der Waals surface area contributed by atoms with Gasteiger partial charge in [-0.05, 0) is 37.5 Å². The lowest BCUT2D eigenvalue weighted by atomic mass is 10.1. The molecule has 0 unspecified atom stereocenters. The van der Waals surface area contributed by atoms with Crippen molar-refractivity contribution in [2.45, 2.75) is 38.3 Å². The van der Waals surface area contributed by atoms with E-state index in [1.165, 1.54) is 36.6 Å². The number of hydrogen-bond donors (Lipinski definition) is 3. The normalized spacial score (nSPS) is 17.8. The van der Waals surface area contributed by atoms with Gasteiger partial charge in [0.25, 0.3) is 0 Å². The fraction of sp³-hybridized carbons (Fsp3) is 0.692. The van der Waals surface area contributed by atoms with Crippen molar-refractivity contribution in [3.63, 3.8) is 0 Å². The van der Waals surface area contributed by atoms with Gasteiger partial charge in [-0.15, -0.1) is 5.10 Å². The number of nitrogens with zero attached hydrogens (tertiary/aromatic N) is 3. The van der Waals surface area contributed by atoms with Gasteiger partial charge in [-0.2, -0.15) is 0 Å². The van der Waals surface area contributed by atoms with E-state index in [9.17, 15) is 9.59 Å². The van der Waals surface area contributed by atoms with Crippen LogP contribution in [0.2, 0.25) is 0 Å². The van der Waals surface area contributed by atoms with Crippen LogP contribution in [-0.4, -0.2) is 44.7 Å². The number of carbonyl (C=O) groups excluding carboxylic acids is 1. The number of carbonyl (C=O) groups is 2. The molecule has 3 rings (SSSR count). The molecule has 8 nitrogen and oxygen atoms in total. The van der Waals surface area contributed by atoms with E-state index in [0.717, 1.165) is 0 Å². The van der Waals surface area contributed by atoms with Gasteiger partial charge < -0.3 is 15.7 Å². The Morgan fingerprint density at radius 1 is 1.33 bits per heavy atom. The largest absolute Gasteiger partial charge is 0.476 e. The van der Waals surface area contributed by atoms with Crippen LogP contribution in [-0.2, 0) is 6.54 Å². The zero-order valence-electron chi connectivity index (χ0n) is 11.7. The molecule has 2 saturated carbocycles. The first-order chi connectivity index (χ1) is 10.1. The van der Waals surface area contributed by atoms with E-state index in [1.54, 1.807) is 0 Å². The van der Waals surface area contributed by atoms with E-state index in [1.807, 2.05) is 0 Å². The van der Waals surface area contributed by atoms with E-state index in [-0.39, 0.29) is 11.7 Å². The number of carboxylic acids is 1. The summed E-state index contributed by atoms with van der Waals surface area (Å²) in [5.74, 6) is 0.219. The average molecular weight is 293 g/mol. The van der Waals surface area contributed by atoms with Crippen LogP contribution in [0.3, 0.4) is 0 Å². The number of hydrogen-bond acceptors (Lipinski definition) is 4. The van der Waals surface area contributed by atoms with Crippen molar-refractivity contribution < 1.29 is 14.7 Å². The molecule has 2 amide bonds. The predicted molar refractivity (Wildman–Crippen MR) is 72.8 cm³/mol. The molecule has 0 aromatic carbocycles. The van der Waals surface area contributed by atoms with Crippen molar-refractivity contribution in [1.82, 2.24) is 25.6 Å². The third-order valence-corrected chi connectivity index (χ3v) is 3.94. The van der Waals surface area contributed by atoms with Gasteiger partial charge in [0.05, 0.1) is 12.7 Å². The highest BCUT2D eigenvalue weighted by Gasteiger charge is 2.42. The molecule has 1 aromatic heterocycles. The summed E-state index contributed by atoms with van der Waals surface area (Å²) in [5.41, 5.74) is -0.0954. The third kappa shape index (κ3) is 3.71. The minimum absolute atomic E-state index is 0.0954. The first-order valence-electron chi connectivity index (χ1n) is 7.31. The molecular formula is C13H19N5O3. The minimum Gasteiger partial charge on any atom is -0.476 e. The molecule has 0 spiro atoms. The van der Waals surface area contributed by atoms with Crippen molar-refractivity contribution in [3.8, 4) is 0 Å². The first-order valence-corrected chi connectivity index (χ1v) is 7.31. The van der Waals surface area contributed by atoms with E-state index in [0.29, 0.717) is 31.0 Å². The molecule has 1 aromatic rings. The summed E-state index contributed by atoms with van der Waals surface area (Å²) in [7, 11) is 0. The van der Waals surface area contributed by atoms with Crippen LogP contribution in [0.25, 0.3) is 0 Å². The number of urea groups is 1. The summed E-state index contributed by atoms with van der Waals surface area (Å²) in [6.07, 6.45) is 6.23. The zero-order valence-corrected chi connectivity index (χ0v) is 11.7. The van der Waals surface area contributed by atoms with E-state index < -0.39 is 5.97 Å². The molecule has 2 aliphatic carbocycles. The van der Waals surface area contributed by atoms with Gasteiger partial charge in [0.2, 0.25) is 0 Å². The molecule has 2 aliphatic rings. The average Bonchev–Trinajstić information content (AvgIpc) is 3.35. The predicted octanol–water partition coefficient (Wildman–Crippen LogP) is 0.464. The summed E-state index contributed by atoms with van der Waals surface area (Å²) in [6.45, 7) is 0.779. The second kappa shape index (κ2) is 5.71. The van der Waals surface area contributed by atoms with Crippen molar-refractivity contribution in [1.29, 1.82) is 0 Å². The van der Waals surface area contributed by atoms with Crippen LogP contribution < -0.4 is 10.6 Å². The van der Waals surface area contributed by atoms with E-state index in [2.05, 4.69) is 20.9 Å². The molecule has 0 radical (unpaired) electrons. The second-order valence-corrected chi connectivity index (χ2v) is 5.77. The molecule has 0 atom stereocenters. The summed E-state index contributed by atoms with van der Waals surface area (Å²) < 4.78 is 1.41. The molecule has 3 N–H and O–H groups in total. The lowest BCUT2D eigenvalue weighted by molar-refractivity contribution is 0.0690. The van der Waals surface area contributed by atoms with Crippen LogP contribution in [0.1, 0.15) is 36.2 Å². The summed E-state index contributed by atoms with van der Waals surface area (Å²) >= 11 is 0. The molecule has 0 aliphatic heterocycles. The lowest BCUT2D eigenvalue weighted by Crippen LogP contribution is -2.45. The third-order valence-electron chi connectivity index (χ3n) is 3.94. The SMILES string of the molecule is O=C(NCCn1cc(C(=O)O)nn1)NC(C1CC1)C1CC1. The van der Waals surface area contributed by atoms with Crippen LogP contribution in [0, 0.1) is 11.8 Å². The fourth-order valence-electron chi connectivity index (χ4n) is 2.52. The molecule has 8 heteroatoms. The molecule has 0 bridgehead atoms. The number of nitrogens with one attached hydrogen (secondary N) is 2. The molecule has 114 valence electrons. The molecule has 21 heavy (non-hydrogen) atoms. The van der Waals surface area contributed by atoms with Crippen molar-refractivity contribution in [2.75, 3.05) is 6.54 Å². The highest BCUT2D eigenvalue weighted by atomic mass is 16.4. The summed E-state index contributed by atoms with van der Waals surface area (Å²) in [4.78, 5) is 22.5. The van der Waals surface area contributed by atoms with Gasteiger partial charge in [-0.1, -0.05) is 5.21 Å². The summed E-state index contributed by atoms with van der Waals surface area (Å²) in [6, 6.07) is 0.173. The maximum absolute atomic E-state index is 11.9. The maximum atomic E-state index is 11.9. The standard InChI is InChI=1S/C13H19N5O3/c19-12(20)10-7-18(17-16-10)6-5-14-13(21)15-11(8-1-2-8)9-3-4-9/h7-9,11H,1-6H2,(H,19,20)(H2,14,15,21). The number of aromatic nitrogens is 3. The Morgan fingerprint density at radius 3 is 2.52 bits per heavy atom. The van der Waals surface area contributed by atoms with Gasteiger partial charge >= 0.3 is 12.0 Å². The summed E-state index contributed by atoms with van der Waals surface area (Å²) in [5, 5.41) is 21.8. The topological polar surface area (TPSA) is 109 Å². The zero-order chi connectivity index (χ0) is 14.8. The van der Waals surface area contributed by atoms with E-state index in [4.69, 9.17) is 5.11 Å². The van der Waals surface area contributed by atoms with Crippen molar-refractivity contribution in [3.05, 3.63) is 11.9 Å². The van der Waals surface area contributed by atoms with Gasteiger partial charge in [-0.25, -0.2) is 14.3 Å². The van der Waals surface area contributed by atoms with Gasteiger partial charge in [0, 0.05) is 12.6 Å². The second-order valence-electron chi connectivity index (χ2n) is 5.77. The van der Waals surface area contributed by atoms with Crippen molar-refractivity contribution in [2.24, 2.45) is 11.8 Å². The van der Waals surface area contributed by atoms with Crippen LogP contribution in [0.15, 0.2) is 6.20 Å². The van der Waals surface area contributed by atoms with Gasteiger partial charge in [-0.3, -0.25) is 0 Å². The van der Waals surface area contributed by atoms with Crippen LogP contribution in [0.5, 0.6) is 0 Å². The van der Waals surface area contributed by atoms with Crippen LogP contribution >= 0.6 is 0 Å². The number of amides is 2. The number of carboxylic acid groups (broad SMARTS) is 1. The Morgan fingerprint density at radius 2 is 2.00 bits per heavy atom. The molecule has 2 fully saturated rings. The van der Waals surface area contributed by atoms with Crippen LogP contribution in [0.4, 0.5) is 4.79 Å². The quantitative estimate of drug-likeness (QED) is 0.677. The first kappa shape index (κ1) is 13.8. The molecular weight excluding hydrogens is 274 g/mol. The highest BCUT2D eigenvalue weighted by Crippen LogP contribution is 2.44. The Kier molecular flexibility index (Phi) is 3.76. The van der Waals surface area contributed by atoms with Crippen molar-refractivity contribution >= 4 is 12.0 Å². The maximum Gasteiger partial charge on any atom is 0.358 e. The van der Waals surface area contributed by atoms with E-state index >= 15 is 0 Å². The Hall–Kier alpha value is -2.12. The monoisotopic (exact) mass is 293 g/mol. The Balaban J connectivity index is 1.39. The van der Waals surface area contributed by atoms with Gasteiger partial charge in [0.1, 0.15) is 0 Å². The fourth-order valence-corrected chi connectivity index (χ4v) is 2.52. The minimum atomic E-state index is -1.11. The molecule has 1 heterocycles. The molecule has 0 saturated heterocycles. The van der Waals surface area contributed by atoms with Gasteiger partial charge in [0.15, 0.2) is 5.69 Å². The number of rotatable bonds is 7. The number of aromatic carboxylic acids is 1. The highest BCUT2D eigenvalue weighted by molar-refractivity contribution is 5.84. The Bertz CT molecular complexity index is 524. The lowest BCUT2D eigenvalue weighted by Gasteiger charge is -2.18.